The van der Waals surface area contributed by atoms with Crippen molar-refractivity contribution >= 4 is 12.2 Å². The molecule has 1 aliphatic rings. The summed E-state index contributed by atoms with van der Waals surface area (Å²) in [5.74, 6) is -0.104. The van der Waals surface area contributed by atoms with Crippen molar-refractivity contribution in [1.29, 1.82) is 0 Å². The van der Waals surface area contributed by atoms with Crippen LogP contribution in [0.1, 0.15) is 6.92 Å². The SMILES string of the molecule is COC(=O)C(C)C1C=NCNC1. The first kappa shape index (κ1) is 9.19. The number of methoxy groups -OCH3 is 1. The van der Waals surface area contributed by atoms with E-state index in [0.717, 1.165) is 6.54 Å². The normalized spacial score (nSPS) is 25.0. The summed E-state index contributed by atoms with van der Waals surface area (Å²) >= 11 is 0. The van der Waals surface area contributed by atoms with Crippen LogP contribution >= 0.6 is 0 Å². The zero-order valence-corrected chi connectivity index (χ0v) is 7.41. The van der Waals surface area contributed by atoms with Crippen molar-refractivity contribution < 1.29 is 9.53 Å². The van der Waals surface area contributed by atoms with Crippen LogP contribution in [-0.2, 0) is 9.53 Å². The molecule has 0 fully saturated rings. The molecule has 0 aromatic heterocycles. The zero-order chi connectivity index (χ0) is 8.97. The molecule has 1 heterocycles. The minimum atomic E-state index is -0.171. The van der Waals surface area contributed by atoms with Gasteiger partial charge in [0.1, 0.15) is 0 Å². The smallest absolute Gasteiger partial charge is 0.309 e. The number of hydrogen-bond acceptors (Lipinski definition) is 4. The van der Waals surface area contributed by atoms with Gasteiger partial charge in [-0.2, -0.15) is 0 Å². The summed E-state index contributed by atoms with van der Waals surface area (Å²) < 4.78 is 4.64. The highest BCUT2D eigenvalue weighted by Crippen LogP contribution is 2.11. The van der Waals surface area contributed by atoms with E-state index in [4.69, 9.17) is 0 Å². The van der Waals surface area contributed by atoms with Gasteiger partial charge >= 0.3 is 5.97 Å². The Morgan fingerprint density at radius 2 is 2.58 bits per heavy atom. The van der Waals surface area contributed by atoms with Gasteiger partial charge in [-0.1, -0.05) is 6.92 Å². The van der Waals surface area contributed by atoms with Crippen LogP contribution in [-0.4, -0.2) is 32.5 Å². The van der Waals surface area contributed by atoms with Crippen LogP contribution in [0.5, 0.6) is 0 Å². The fourth-order valence-corrected chi connectivity index (χ4v) is 1.20. The van der Waals surface area contributed by atoms with Crippen molar-refractivity contribution in [3.05, 3.63) is 0 Å². The van der Waals surface area contributed by atoms with Crippen LogP contribution in [0.3, 0.4) is 0 Å². The molecule has 0 aliphatic carbocycles. The molecule has 4 nitrogen and oxygen atoms in total. The average molecular weight is 170 g/mol. The van der Waals surface area contributed by atoms with Gasteiger partial charge in [-0.15, -0.1) is 0 Å². The van der Waals surface area contributed by atoms with E-state index in [1.54, 1.807) is 0 Å². The molecule has 4 heteroatoms. The van der Waals surface area contributed by atoms with Crippen molar-refractivity contribution in [1.82, 2.24) is 5.32 Å². The summed E-state index contributed by atoms with van der Waals surface area (Å²) in [5.41, 5.74) is 0. The molecule has 0 saturated carbocycles. The largest absolute Gasteiger partial charge is 0.469 e. The molecule has 0 saturated heterocycles. The lowest BCUT2D eigenvalue weighted by Gasteiger charge is -2.21. The van der Waals surface area contributed by atoms with E-state index in [-0.39, 0.29) is 17.8 Å². The molecule has 1 aliphatic heterocycles. The molecule has 68 valence electrons. The molecule has 1 N–H and O–H groups in total. The topological polar surface area (TPSA) is 50.7 Å². The van der Waals surface area contributed by atoms with Gasteiger partial charge in [-0.3, -0.25) is 15.1 Å². The quantitative estimate of drug-likeness (QED) is 0.595. The number of ether oxygens (including phenoxy) is 1. The predicted molar refractivity (Wildman–Crippen MR) is 46.0 cm³/mol. The molecule has 1 rings (SSSR count). The summed E-state index contributed by atoms with van der Waals surface area (Å²) in [4.78, 5) is 15.2. The molecule has 0 aromatic carbocycles. The van der Waals surface area contributed by atoms with Crippen molar-refractivity contribution in [2.24, 2.45) is 16.8 Å². The van der Waals surface area contributed by atoms with Gasteiger partial charge in [0.25, 0.3) is 0 Å². The Kier molecular flexibility index (Phi) is 3.22. The van der Waals surface area contributed by atoms with Crippen LogP contribution in [0.4, 0.5) is 0 Å². The van der Waals surface area contributed by atoms with Crippen molar-refractivity contribution in [2.45, 2.75) is 6.92 Å². The summed E-state index contributed by atoms with van der Waals surface area (Å²) in [6.45, 7) is 3.32. The highest BCUT2D eigenvalue weighted by molar-refractivity contribution is 5.77. The Hall–Kier alpha value is -0.900. The van der Waals surface area contributed by atoms with Gasteiger partial charge < -0.3 is 4.74 Å². The first-order valence-electron chi connectivity index (χ1n) is 4.04. The number of nitrogens with zero attached hydrogens (tertiary/aromatic N) is 1. The number of aliphatic imine (C=N–C) groups is 1. The third-order valence-electron chi connectivity index (χ3n) is 2.10. The second kappa shape index (κ2) is 4.21. The minimum absolute atomic E-state index is 0.105. The first-order valence-corrected chi connectivity index (χ1v) is 4.04. The maximum Gasteiger partial charge on any atom is 0.309 e. The number of carbonyl (C=O) groups is 1. The highest BCUT2D eigenvalue weighted by atomic mass is 16.5. The lowest BCUT2D eigenvalue weighted by Crippen LogP contribution is -2.35. The number of carbonyl (C=O) groups excluding carboxylic acids is 1. The minimum Gasteiger partial charge on any atom is -0.469 e. The van der Waals surface area contributed by atoms with Gasteiger partial charge in [0.2, 0.25) is 0 Å². The van der Waals surface area contributed by atoms with E-state index in [9.17, 15) is 4.79 Å². The van der Waals surface area contributed by atoms with E-state index in [1.165, 1.54) is 7.11 Å². The second-order valence-electron chi connectivity index (χ2n) is 2.92. The number of hydrogen-bond donors (Lipinski definition) is 1. The van der Waals surface area contributed by atoms with Crippen molar-refractivity contribution in [3.8, 4) is 0 Å². The molecular formula is C8H14N2O2. The first-order chi connectivity index (χ1) is 5.75. The zero-order valence-electron chi connectivity index (χ0n) is 7.41. The van der Waals surface area contributed by atoms with E-state index >= 15 is 0 Å². The van der Waals surface area contributed by atoms with Gasteiger partial charge in [-0.25, -0.2) is 0 Å². The van der Waals surface area contributed by atoms with Gasteiger partial charge in [0, 0.05) is 18.7 Å². The van der Waals surface area contributed by atoms with Gasteiger partial charge in [-0.05, 0) is 0 Å². The molecule has 0 bridgehead atoms. The standard InChI is InChI=1S/C8H14N2O2/c1-6(8(11)12-2)7-3-9-5-10-4-7/h3,6-7,10H,4-5H2,1-2H3. The third kappa shape index (κ3) is 2.04. The van der Waals surface area contributed by atoms with Crippen LogP contribution in [0, 0.1) is 11.8 Å². The van der Waals surface area contributed by atoms with Crippen LogP contribution < -0.4 is 5.32 Å². The van der Waals surface area contributed by atoms with Gasteiger partial charge in [0.05, 0.1) is 19.7 Å². The monoisotopic (exact) mass is 170 g/mol. The third-order valence-corrected chi connectivity index (χ3v) is 2.10. The Morgan fingerprint density at radius 1 is 1.83 bits per heavy atom. The van der Waals surface area contributed by atoms with Crippen LogP contribution in [0.15, 0.2) is 4.99 Å². The molecule has 2 atom stereocenters. The van der Waals surface area contributed by atoms with Crippen molar-refractivity contribution in [2.75, 3.05) is 20.3 Å². The lowest BCUT2D eigenvalue weighted by atomic mass is 9.94. The number of rotatable bonds is 2. The van der Waals surface area contributed by atoms with E-state index < -0.39 is 0 Å². The molecule has 0 radical (unpaired) electrons. The summed E-state index contributed by atoms with van der Waals surface area (Å²) in [6.07, 6.45) is 1.83. The second-order valence-corrected chi connectivity index (χ2v) is 2.92. The lowest BCUT2D eigenvalue weighted by molar-refractivity contribution is -0.145. The summed E-state index contributed by atoms with van der Waals surface area (Å²) in [6, 6.07) is 0. The average Bonchev–Trinajstić information content (AvgIpc) is 2.17. The molecule has 0 spiro atoms. The van der Waals surface area contributed by atoms with Crippen LogP contribution in [0.2, 0.25) is 0 Å². The fraction of sp³-hybridized carbons (Fsp3) is 0.750. The Bertz CT molecular complexity index is 191. The Labute approximate surface area is 72.0 Å². The molecule has 0 aromatic rings. The maximum atomic E-state index is 11.1. The number of nitrogens with one attached hydrogen (secondary N) is 1. The van der Waals surface area contributed by atoms with Crippen LogP contribution in [0.25, 0.3) is 0 Å². The Balaban J connectivity index is 2.50. The molecule has 12 heavy (non-hydrogen) atoms. The molecule has 0 amide bonds. The highest BCUT2D eigenvalue weighted by Gasteiger charge is 2.23. The van der Waals surface area contributed by atoms with E-state index in [1.807, 2.05) is 13.1 Å². The summed E-state index contributed by atoms with van der Waals surface area (Å²) in [7, 11) is 1.41. The molecular weight excluding hydrogens is 156 g/mol. The van der Waals surface area contributed by atoms with Gasteiger partial charge in [0.15, 0.2) is 0 Å². The van der Waals surface area contributed by atoms with E-state index in [0.29, 0.717) is 6.67 Å². The predicted octanol–water partition coefficient (Wildman–Crippen LogP) is 0.0432. The fourth-order valence-electron chi connectivity index (χ4n) is 1.20. The van der Waals surface area contributed by atoms with Crippen molar-refractivity contribution in [3.63, 3.8) is 0 Å². The summed E-state index contributed by atoms with van der Waals surface area (Å²) in [5, 5.41) is 3.09. The number of esters is 1. The maximum absolute atomic E-state index is 11.1. The molecule has 2 unspecified atom stereocenters. The van der Waals surface area contributed by atoms with E-state index in [2.05, 4.69) is 15.0 Å². The Morgan fingerprint density at radius 3 is 3.08 bits per heavy atom.